The molecular weight excluding hydrogens is 98.1 g/mol. The van der Waals surface area contributed by atoms with Gasteiger partial charge in [-0.25, -0.2) is 0 Å². The lowest BCUT2D eigenvalue weighted by Gasteiger charge is -1.95. The lowest BCUT2D eigenvalue weighted by Crippen LogP contribution is -1.90. The molecule has 0 N–H and O–H groups in total. The van der Waals surface area contributed by atoms with Crippen molar-refractivity contribution in [2.45, 2.75) is 19.3 Å². The zero-order valence-electron chi connectivity index (χ0n) is 4.80. The molecule has 0 radical (unpaired) electrons. The molecule has 2 saturated carbocycles. The number of nitrogens with zero attached hydrogens (tertiary/aromatic N) is 1. The molecule has 2 atom stereocenters. The van der Waals surface area contributed by atoms with Crippen molar-refractivity contribution in [1.82, 2.24) is 0 Å². The Morgan fingerprint density at radius 1 is 1.12 bits per heavy atom. The van der Waals surface area contributed by atoms with Crippen LogP contribution in [0.2, 0.25) is 0 Å². The highest BCUT2D eigenvalue weighted by Gasteiger charge is 2.45. The molecular formula is C7H9N. The summed E-state index contributed by atoms with van der Waals surface area (Å²) in [5.74, 6) is 2.37. The summed E-state index contributed by atoms with van der Waals surface area (Å²) in [6, 6.07) is 2.32. The van der Waals surface area contributed by atoms with Crippen molar-refractivity contribution >= 4 is 0 Å². The van der Waals surface area contributed by atoms with Crippen molar-refractivity contribution in [1.29, 1.82) is 5.26 Å². The van der Waals surface area contributed by atoms with E-state index >= 15 is 0 Å². The third-order valence-corrected chi connectivity index (χ3v) is 2.43. The summed E-state index contributed by atoms with van der Waals surface area (Å²) in [6.07, 6.45) is 3.85. The highest BCUT2D eigenvalue weighted by molar-refractivity contribution is 5.02. The Kier molecular flexibility index (Phi) is 0.686. The minimum absolute atomic E-state index is 0.429. The van der Waals surface area contributed by atoms with Gasteiger partial charge < -0.3 is 0 Å². The Morgan fingerprint density at radius 3 is 2.12 bits per heavy atom. The molecule has 0 aromatic heterocycles. The van der Waals surface area contributed by atoms with Crippen LogP contribution in [-0.2, 0) is 0 Å². The molecule has 2 aliphatic rings. The quantitative estimate of drug-likeness (QED) is 0.460. The molecule has 2 aliphatic carbocycles. The maximum atomic E-state index is 8.45. The summed E-state index contributed by atoms with van der Waals surface area (Å²) in [7, 11) is 0. The predicted octanol–water partition coefficient (Wildman–Crippen LogP) is 1.56. The van der Waals surface area contributed by atoms with E-state index in [1.54, 1.807) is 0 Å². The number of rotatable bonds is 0. The highest BCUT2D eigenvalue weighted by atomic mass is 14.5. The van der Waals surface area contributed by atoms with E-state index in [0.717, 1.165) is 11.8 Å². The Morgan fingerprint density at radius 2 is 1.75 bits per heavy atom. The summed E-state index contributed by atoms with van der Waals surface area (Å²) >= 11 is 0. The Bertz CT molecular complexity index is 135. The fourth-order valence-electron chi connectivity index (χ4n) is 1.82. The van der Waals surface area contributed by atoms with Gasteiger partial charge in [0.05, 0.1) is 6.07 Å². The van der Waals surface area contributed by atoms with Gasteiger partial charge in [0.15, 0.2) is 0 Å². The normalized spacial score (nSPS) is 43.4. The first kappa shape index (κ1) is 4.38. The molecule has 0 bridgehead atoms. The van der Waals surface area contributed by atoms with Gasteiger partial charge >= 0.3 is 0 Å². The number of fused-ring (bicyclic) bond motifs is 1. The number of nitriles is 1. The zero-order chi connectivity index (χ0) is 5.56. The third kappa shape index (κ3) is 0.461. The molecule has 0 aliphatic heterocycles. The molecule has 0 aromatic rings. The van der Waals surface area contributed by atoms with Gasteiger partial charge in [-0.1, -0.05) is 0 Å². The molecule has 2 fully saturated rings. The molecule has 1 heteroatoms. The van der Waals surface area contributed by atoms with E-state index in [1.165, 1.54) is 19.3 Å². The van der Waals surface area contributed by atoms with Crippen LogP contribution in [0.25, 0.3) is 0 Å². The first-order valence-corrected chi connectivity index (χ1v) is 3.30. The predicted molar refractivity (Wildman–Crippen MR) is 29.9 cm³/mol. The van der Waals surface area contributed by atoms with Crippen molar-refractivity contribution < 1.29 is 0 Å². The molecule has 0 saturated heterocycles. The molecule has 2 rings (SSSR count). The van der Waals surface area contributed by atoms with Crippen LogP contribution in [-0.4, -0.2) is 0 Å². The van der Waals surface area contributed by atoms with Gasteiger partial charge in [0.25, 0.3) is 0 Å². The zero-order valence-corrected chi connectivity index (χ0v) is 4.80. The standard InChI is InChI=1S/C7H9N/c8-4-5-1-6-3-7(6)2-5/h5-7H,1-3H2/t6-,7-/m0/s1. The van der Waals surface area contributed by atoms with E-state index in [1.807, 2.05) is 0 Å². The lowest BCUT2D eigenvalue weighted by molar-refractivity contribution is 0.604. The van der Waals surface area contributed by atoms with Gasteiger partial charge in [0.1, 0.15) is 0 Å². The summed E-state index contributed by atoms with van der Waals surface area (Å²) in [4.78, 5) is 0. The third-order valence-electron chi connectivity index (χ3n) is 2.43. The molecule has 0 unspecified atom stereocenters. The SMILES string of the molecule is N#CC1C[C@H]2C[C@@H]2C1. The van der Waals surface area contributed by atoms with Gasteiger partial charge in [-0.2, -0.15) is 5.26 Å². The van der Waals surface area contributed by atoms with Crippen LogP contribution in [0.15, 0.2) is 0 Å². The molecule has 0 heterocycles. The summed E-state index contributed by atoms with van der Waals surface area (Å²) in [6.45, 7) is 0. The summed E-state index contributed by atoms with van der Waals surface area (Å²) in [5, 5.41) is 8.45. The second-order valence-corrected chi connectivity index (χ2v) is 3.05. The number of hydrogen-bond donors (Lipinski definition) is 0. The van der Waals surface area contributed by atoms with E-state index in [0.29, 0.717) is 5.92 Å². The Hall–Kier alpha value is -0.510. The van der Waals surface area contributed by atoms with E-state index < -0.39 is 0 Å². The summed E-state index contributed by atoms with van der Waals surface area (Å²) < 4.78 is 0. The van der Waals surface area contributed by atoms with Crippen molar-refractivity contribution in [2.24, 2.45) is 17.8 Å². The maximum absolute atomic E-state index is 8.45. The van der Waals surface area contributed by atoms with Crippen LogP contribution < -0.4 is 0 Å². The average molecular weight is 107 g/mol. The van der Waals surface area contributed by atoms with E-state index in [9.17, 15) is 0 Å². The van der Waals surface area contributed by atoms with Gasteiger partial charge in [-0.3, -0.25) is 0 Å². The van der Waals surface area contributed by atoms with E-state index in [4.69, 9.17) is 5.26 Å². The Balaban J connectivity index is 2.01. The largest absolute Gasteiger partial charge is 0.198 e. The lowest BCUT2D eigenvalue weighted by atomic mass is 10.1. The smallest absolute Gasteiger partial charge is 0.0655 e. The van der Waals surface area contributed by atoms with Gasteiger partial charge in [-0.15, -0.1) is 0 Å². The van der Waals surface area contributed by atoms with Crippen LogP contribution in [0, 0.1) is 29.1 Å². The van der Waals surface area contributed by atoms with Gasteiger partial charge in [0.2, 0.25) is 0 Å². The van der Waals surface area contributed by atoms with Crippen molar-refractivity contribution in [3.05, 3.63) is 0 Å². The van der Waals surface area contributed by atoms with Crippen LogP contribution in [0.4, 0.5) is 0 Å². The van der Waals surface area contributed by atoms with Crippen LogP contribution in [0.5, 0.6) is 0 Å². The topological polar surface area (TPSA) is 23.8 Å². The second kappa shape index (κ2) is 1.25. The molecule has 0 aromatic carbocycles. The van der Waals surface area contributed by atoms with E-state index in [-0.39, 0.29) is 0 Å². The summed E-state index contributed by atoms with van der Waals surface area (Å²) in [5.41, 5.74) is 0. The van der Waals surface area contributed by atoms with Gasteiger partial charge in [0, 0.05) is 5.92 Å². The van der Waals surface area contributed by atoms with Crippen LogP contribution >= 0.6 is 0 Å². The molecule has 0 amide bonds. The van der Waals surface area contributed by atoms with Crippen molar-refractivity contribution in [2.75, 3.05) is 0 Å². The van der Waals surface area contributed by atoms with Crippen molar-refractivity contribution in [3.8, 4) is 6.07 Å². The first-order valence-electron chi connectivity index (χ1n) is 3.30. The van der Waals surface area contributed by atoms with Gasteiger partial charge in [-0.05, 0) is 31.1 Å². The average Bonchev–Trinajstić information content (AvgIpc) is 2.40. The van der Waals surface area contributed by atoms with Crippen LogP contribution in [0.1, 0.15) is 19.3 Å². The molecule has 8 heavy (non-hydrogen) atoms. The molecule has 0 spiro atoms. The second-order valence-electron chi connectivity index (χ2n) is 3.05. The van der Waals surface area contributed by atoms with Crippen LogP contribution in [0.3, 0.4) is 0 Å². The maximum Gasteiger partial charge on any atom is 0.0655 e. The minimum Gasteiger partial charge on any atom is -0.198 e. The molecule has 1 nitrogen and oxygen atoms in total. The highest BCUT2D eigenvalue weighted by Crippen LogP contribution is 2.53. The number of hydrogen-bond acceptors (Lipinski definition) is 1. The van der Waals surface area contributed by atoms with E-state index in [2.05, 4.69) is 6.07 Å². The minimum atomic E-state index is 0.429. The first-order chi connectivity index (χ1) is 3.90. The Labute approximate surface area is 49.3 Å². The van der Waals surface area contributed by atoms with Crippen molar-refractivity contribution in [3.63, 3.8) is 0 Å². The fraction of sp³-hybridized carbons (Fsp3) is 0.857. The molecule has 42 valence electrons. The monoisotopic (exact) mass is 107 g/mol. The fourth-order valence-corrected chi connectivity index (χ4v) is 1.82.